The molecule has 2 aromatic rings. The zero-order chi connectivity index (χ0) is 14.0. The van der Waals surface area contributed by atoms with Gasteiger partial charge in [0.25, 0.3) is 0 Å². The van der Waals surface area contributed by atoms with Crippen molar-refractivity contribution in [2.45, 2.75) is 26.8 Å². The molecule has 0 saturated carbocycles. The Hall–Kier alpha value is -2.17. The molecule has 5 heteroatoms. The van der Waals surface area contributed by atoms with Gasteiger partial charge in [-0.15, -0.1) is 0 Å². The molecule has 0 aliphatic rings. The molecule has 0 amide bonds. The summed E-state index contributed by atoms with van der Waals surface area (Å²) in [6.45, 7) is 4.26. The lowest BCUT2D eigenvalue weighted by molar-refractivity contribution is -0.136. The van der Waals surface area contributed by atoms with E-state index in [0.29, 0.717) is 23.6 Å². The molecule has 0 bridgehead atoms. The second-order valence-corrected chi connectivity index (χ2v) is 4.36. The van der Waals surface area contributed by atoms with Crippen LogP contribution in [-0.2, 0) is 17.8 Å². The van der Waals surface area contributed by atoms with Gasteiger partial charge in [-0.05, 0) is 37.6 Å². The third-order valence-electron chi connectivity index (χ3n) is 2.96. The van der Waals surface area contributed by atoms with Crippen LogP contribution in [0.2, 0.25) is 0 Å². The molecule has 0 aliphatic heterocycles. The predicted octanol–water partition coefficient (Wildman–Crippen LogP) is 2.64. The van der Waals surface area contributed by atoms with E-state index in [1.807, 2.05) is 6.92 Å². The molecule has 19 heavy (non-hydrogen) atoms. The quantitative estimate of drug-likeness (QED) is 0.921. The molecule has 1 N–H and O–H groups in total. The van der Waals surface area contributed by atoms with Crippen molar-refractivity contribution in [1.82, 2.24) is 9.55 Å². The van der Waals surface area contributed by atoms with Crippen LogP contribution in [0.15, 0.2) is 24.4 Å². The summed E-state index contributed by atoms with van der Waals surface area (Å²) in [6, 6.07) is 4.75. The van der Waals surface area contributed by atoms with Gasteiger partial charge in [-0.2, -0.15) is 0 Å². The van der Waals surface area contributed by atoms with Crippen LogP contribution in [0.3, 0.4) is 0 Å². The molecule has 0 spiro atoms. The summed E-state index contributed by atoms with van der Waals surface area (Å²) in [7, 11) is 0. The Kier molecular flexibility index (Phi) is 3.64. The molecule has 0 saturated heterocycles. The van der Waals surface area contributed by atoms with Gasteiger partial charge in [0.1, 0.15) is 18.1 Å². The fourth-order valence-corrected chi connectivity index (χ4v) is 1.95. The lowest BCUT2D eigenvalue weighted by atomic mass is 10.1. The Labute approximate surface area is 110 Å². The van der Waals surface area contributed by atoms with Gasteiger partial charge in [-0.1, -0.05) is 0 Å². The van der Waals surface area contributed by atoms with Crippen molar-refractivity contribution in [2.24, 2.45) is 0 Å². The SMILES string of the molecule is CCn1cc(-c2ccc(F)c(C)c2)nc1CC(=O)O. The molecule has 2 rings (SSSR count). The van der Waals surface area contributed by atoms with E-state index in [2.05, 4.69) is 4.98 Å². The number of benzene rings is 1. The smallest absolute Gasteiger partial charge is 0.311 e. The van der Waals surface area contributed by atoms with Crippen molar-refractivity contribution >= 4 is 5.97 Å². The summed E-state index contributed by atoms with van der Waals surface area (Å²) >= 11 is 0. The number of halogens is 1. The first kappa shape index (κ1) is 13.3. The van der Waals surface area contributed by atoms with Crippen LogP contribution < -0.4 is 0 Å². The van der Waals surface area contributed by atoms with E-state index >= 15 is 0 Å². The standard InChI is InChI=1S/C14H15FN2O2/c1-3-17-8-12(16-13(17)7-14(18)19)10-4-5-11(15)9(2)6-10/h4-6,8H,3,7H2,1-2H3,(H,18,19). The van der Waals surface area contributed by atoms with Gasteiger partial charge >= 0.3 is 5.97 Å². The first-order valence-electron chi connectivity index (χ1n) is 6.05. The maximum Gasteiger partial charge on any atom is 0.311 e. The fraction of sp³-hybridized carbons (Fsp3) is 0.286. The van der Waals surface area contributed by atoms with Crippen molar-refractivity contribution in [3.63, 3.8) is 0 Å². The lowest BCUT2D eigenvalue weighted by Crippen LogP contribution is -2.07. The van der Waals surface area contributed by atoms with Gasteiger partial charge < -0.3 is 9.67 Å². The van der Waals surface area contributed by atoms with Crippen LogP contribution in [0.4, 0.5) is 4.39 Å². The highest BCUT2D eigenvalue weighted by molar-refractivity contribution is 5.70. The summed E-state index contributed by atoms with van der Waals surface area (Å²) in [4.78, 5) is 15.1. The minimum Gasteiger partial charge on any atom is -0.481 e. The largest absolute Gasteiger partial charge is 0.481 e. The minimum absolute atomic E-state index is 0.117. The Morgan fingerprint density at radius 1 is 1.47 bits per heavy atom. The van der Waals surface area contributed by atoms with Gasteiger partial charge in [0.15, 0.2) is 0 Å². The molecule has 1 heterocycles. The van der Waals surface area contributed by atoms with Crippen LogP contribution in [0, 0.1) is 12.7 Å². The normalized spacial score (nSPS) is 10.7. The minimum atomic E-state index is -0.915. The van der Waals surface area contributed by atoms with E-state index in [-0.39, 0.29) is 12.2 Å². The number of aromatic nitrogens is 2. The van der Waals surface area contributed by atoms with E-state index in [1.54, 1.807) is 29.8 Å². The molecular formula is C14H15FN2O2. The molecule has 0 atom stereocenters. The number of carboxylic acids is 1. The summed E-state index contributed by atoms with van der Waals surface area (Å²) in [6.07, 6.45) is 1.68. The number of imidazole rings is 1. The van der Waals surface area contributed by atoms with Crippen molar-refractivity contribution in [2.75, 3.05) is 0 Å². The Morgan fingerprint density at radius 3 is 2.79 bits per heavy atom. The van der Waals surface area contributed by atoms with E-state index in [9.17, 15) is 9.18 Å². The molecule has 0 aliphatic carbocycles. The summed E-state index contributed by atoms with van der Waals surface area (Å²) in [5.41, 5.74) is 2.00. The number of nitrogens with zero attached hydrogens (tertiary/aromatic N) is 2. The number of hydrogen-bond acceptors (Lipinski definition) is 2. The van der Waals surface area contributed by atoms with Crippen LogP contribution >= 0.6 is 0 Å². The van der Waals surface area contributed by atoms with Crippen molar-refractivity contribution < 1.29 is 14.3 Å². The maximum atomic E-state index is 13.2. The Morgan fingerprint density at radius 2 is 2.21 bits per heavy atom. The van der Waals surface area contributed by atoms with Crippen LogP contribution in [0.5, 0.6) is 0 Å². The van der Waals surface area contributed by atoms with Gasteiger partial charge in [0, 0.05) is 18.3 Å². The monoisotopic (exact) mass is 262 g/mol. The molecule has 4 nitrogen and oxygen atoms in total. The number of aryl methyl sites for hydroxylation is 2. The number of aliphatic carboxylic acids is 1. The topological polar surface area (TPSA) is 55.1 Å². The highest BCUT2D eigenvalue weighted by Gasteiger charge is 2.12. The van der Waals surface area contributed by atoms with E-state index in [0.717, 1.165) is 5.56 Å². The van der Waals surface area contributed by atoms with Gasteiger partial charge in [0.05, 0.1) is 5.69 Å². The fourth-order valence-electron chi connectivity index (χ4n) is 1.95. The first-order valence-corrected chi connectivity index (χ1v) is 6.05. The van der Waals surface area contributed by atoms with Gasteiger partial charge in [-0.3, -0.25) is 4.79 Å². The van der Waals surface area contributed by atoms with Crippen molar-refractivity contribution in [3.05, 3.63) is 41.6 Å². The van der Waals surface area contributed by atoms with E-state index in [4.69, 9.17) is 5.11 Å². The Bertz CT molecular complexity index is 620. The first-order chi connectivity index (χ1) is 9.01. The second-order valence-electron chi connectivity index (χ2n) is 4.36. The second kappa shape index (κ2) is 5.22. The third kappa shape index (κ3) is 2.81. The molecule has 0 fully saturated rings. The average molecular weight is 262 g/mol. The zero-order valence-electron chi connectivity index (χ0n) is 10.9. The van der Waals surface area contributed by atoms with Crippen LogP contribution in [0.1, 0.15) is 18.3 Å². The van der Waals surface area contributed by atoms with Crippen LogP contribution in [-0.4, -0.2) is 20.6 Å². The molecule has 0 radical (unpaired) electrons. The lowest BCUT2D eigenvalue weighted by Gasteiger charge is -2.00. The van der Waals surface area contributed by atoms with E-state index < -0.39 is 5.97 Å². The Balaban J connectivity index is 2.42. The van der Waals surface area contributed by atoms with Gasteiger partial charge in [-0.25, -0.2) is 9.37 Å². The van der Waals surface area contributed by atoms with Crippen LogP contribution in [0.25, 0.3) is 11.3 Å². The number of carboxylic acid groups (broad SMARTS) is 1. The average Bonchev–Trinajstić information content (AvgIpc) is 2.75. The van der Waals surface area contributed by atoms with Crippen molar-refractivity contribution in [3.8, 4) is 11.3 Å². The number of hydrogen-bond donors (Lipinski definition) is 1. The summed E-state index contributed by atoms with van der Waals surface area (Å²) in [5, 5.41) is 8.84. The molecule has 100 valence electrons. The van der Waals surface area contributed by atoms with Gasteiger partial charge in [0.2, 0.25) is 0 Å². The predicted molar refractivity (Wildman–Crippen MR) is 69.4 cm³/mol. The maximum absolute atomic E-state index is 13.2. The molecule has 1 aromatic carbocycles. The molecule has 1 aromatic heterocycles. The number of carbonyl (C=O) groups is 1. The molecule has 0 unspecified atom stereocenters. The third-order valence-corrected chi connectivity index (χ3v) is 2.96. The van der Waals surface area contributed by atoms with Crippen molar-refractivity contribution in [1.29, 1.82) is 0 Å². The highest BCUT2D eigenvalue weighted by Crippen LogP contribution is 2.21. The number of rotatable bonds is 4. The summed E-state index contributed by atoms with van der Waals surface area (Å²) in [5.74, 6) is -0.668. The molecular weight excluding hydrogens is 247 g/mol. The van der Waals surface area contributed by atoms with E-state index in [1.165, 1.54) is 6.07 Å². The zero-order valence-corrected chi connectivity index (χ0v) is 10.9. The highest BCUT2D eigenvalue weighted by atomic mass is 19.1. The summed E-state index contributed by atoms with van der Waals surface area (Å²) < 4.78 is 15.0.